The average molecular weight is 417 g/mol. The van der Waals surface area contributed by atoms with Crippen LogP contribution in [0.25, 0.3) is 0 Å². The number of carbonyl (C=O) groups is 1. The second-order valence-corrected chi connectivity index (χ2v) is 6.65. The van der Waals surface area contributed by atoms with Crippen molar-refractivity contribution in [3.63, 3.8) is 0 Å². The number of imidazole rings is 1. The molecular formula is C19H27Cl2FN4O. The summed E-state index contributed by atoms with van der Waals surface area (Å²) in [6.07, 6.45) is 7.01. The highest BCUT2D eigenvalue weighted by Gasteiger charge is 2.24. The van der Waals surface area contributed by atoms with E-state index in [1.165, 1.54) is 6.07 Å². The van der Waals surface area contributed by atoms with Crippen molar-refractivity contribution in [3.8, 4) is 0 Å². The summed E-state index contributed by atoms with van der Waals surface area (Å²) in [5.41, 5.74) is 0.437. The summed E-state index contributed by atoms with van der Waals surface area (Å²) >= 11 is 0. The first kappa shape index (κ1) is 23.4. The van der Waals surface area contributed by atoms with E-state index in [2.05, 4.69) is 15.6 Å². The first-order valence-corrected chi connectivity index (χ1v) is 8.87. The van der Waals surface area contributed by atoms with Gasteiger partial charge in [-0.2, -0.15) is 0 Å². The number of halogens is 3. The third kappa shape index (κ3) is 6.19. The molecule has 1 aliphatic rings. The van der Waals surface area contributed by atoms with E-state index in [1.54, 1.807) is 30.6 Å². The van der Waals surface area contributed by atoms with Gasteiger partial charge in [-0.25, -0.2) is 9.37 Å². The van der Waals surface area contributed by atoms with E-state index in [1.807, 2.05) is 11.6 Å². The Kier molecular flexibility index (Phi) is 9.77. The van der Waals surface area contributed by atoms with Crippen LogP contribution in [0.5, 0.6) is 0 Å². The molecule has 2 aromatic rings. The van der Waals surface area contributed by atoms with Crippen molar-refractivity contribution in [3.05, 3.63) is 53.9 Å². The van der Waals surface area contributed by atoms with Crippen LogP contribution in [0.3, 0.4) is 0 Å². The number of rotatable bonds is 6. The van der Waals surface area contributed by atoms with E-state index >= 15 is 0 Å². The molecule has 0 bridgehead atoms. The second-order valence-electron chi connectivity index (χ2n) is 6.65. The number of piperidine rings is 1. The van der Waals surface area contributed by atoms with Crippen molar-refractivity contribution in [2.45, 2.75) is 31.7 Å². The zero-order valence-corrected chi connectivity index (χ0v) is 17.0. The van der Waals surface area contributed by atoms with Gasteiger partial charge in [0.2, 0.25) is 5.91 Å². The van der Waals surface area contributed by atoms with Crippen LogP contribution >= 0.6 is 24.8 Å². The van der Waals surface area contributed by atoms with Crippen LogP contribution in [0, 0.1) is 11.7 Å². The van der Waals surface area contributed by atoms with Gasteiger partial charge in [-0.05, 0) is 44.3 Å². The summed E-state index contributed by atoms with van der Waals surface area (Å²) in [4.78, 5) is 16.8. The van der Waals surface area contributed by atoms with Gasteiger partial charge in [0.05, 0.1) is 0 Å². The third-order valence-electron chi connectivity index (χ3n) is 4.88. The molecule has 27 heavy (non-hydrogen) atoms. The maximum Gasteiger partial charge on any atom is 0.220 e. The van der Waals surface area contributed by atoms with Gasteiger partial charge < -0.3 is 15.2 Å². The molecule has 1 amide bonds. The Morgan fingerprint density at radius 2 is 2.04 bits per heavy atom. The van der Waals surface area contributed by atoms with E-state index in [-0.39, 0.29) is 36.5 Å². The Balaban J connectivity index is 0.00000182. The van der Waals surface area contributed by atoms with Crippen LogP contribution in [0.1, 0.15) is 43.1 Å². The first-order valence-electron chi connectivity index (χ1n) is 8.87. The summed E-state index contributed by atoms with van der Waals surface area (Å²) in [7, 11) is 1.84. The SMILES string of the molecule is Cl.Cl.Cn1ccnc1C(NC(=O)CCC1CCNCC1)c1ccccc1F. The summed E-state index contributed by atoms with van der Waals surface area (Å²) in [5.74, 6) is 0.816. The van der Waals surface area contributed by atoms with Gasteiger partial charge in [-0.1, -0.05) is 18.2 Å². The lowest BCUT2D eigenvalue weighted by Crippen LogP contribution is -2.33. The van der Waals surface area contributed by atoms with E-state index in [9.17, 15) is 9.18 Å². The topological polar surface area (TPSA) is 59.0 Å². The fourth-order valence-electron chi connectivity index (χ4n) is 3.38. The lowest BCUT2D eigenvalue weighted by molar-refractivity contribution is -0.122. The predicted molar refractivity (Wildman–Crippen MR) is 109 cm³/mol. The Hall–Kier alpha value is -1.63. The van der Waals surface area contributed by atoms with Crippen molar-refractivity contribution in [2.75, 3.05) is 13.1 Å². The van der Waals surface area contributed by atoms with Gasteiger partial charge in [0.1, 0.15) is 17.7 Å². The zero-order valence-electron chi connectivity index (χ0n) is 15.4. The Bertz CT molecular complexity index is 719. The Morgan fingerprint density at radius 1 is 1.33 bits per heavy atom. The zero-order chi connectivity index (χ0) is 17.6. The number of aromatic nitrogens is 2. The molecule has 1 atom stereocenters. The molecule has 3 rings (SSSR count). The molecule has 1 fully saturated rings. The van der Waals surface area contributed by atoms with Crippen LogP contribution in [0.2, 0.25) is 0 Å². The predicted octanol–water partition coefficient (Wildman–Crippen LogP) is 3.39. The number of nitrogens with one attached hydrogen (secondary N) is 2. The molecule has 1 saturated heterocycles. The van der Waals surface area contributed by atoms with Crippen LogP contribution in [0.15, 0.2) is 36.7 Å². The third-order valence-corrected chi connectivity index (χ3v) is 4.88. The van der Waals surface area contributed by atoms with E-state index in [0.29, 0.717) is 23.7 Å². The molecule has 8 heteroatoms. The monoisotopic (exact) mass is 416 g/mol. The van der Waals surface area contributed by atoms with E-state index < -0.39 is 6.04 Å². The van der Waals surface area contributed by atoms with Crippen molar-refractivity contribution in [2.24, 2.45) is 13.0 Å². The lowest BCUT2D eigenvalue weighted by Gasteiger charge is -2.23. The number of nitrogens with zero attached hydrogens (tertiary/aromatic N) is 2. The van der Waals surface area contributed by atoms with Gasteiger partial charge in [0.25, 0.3) is 0 Å². The van der Waals surface area contributed by atoms with Gasteiger partial charge in [0.15, 0.2) is 0 Å². The second kappa shape index (κ2) is 11.3. The lowest BCUT2D eigenvalue weighted by atomic mass is 9.93. The van der Waals surface area contributed by atoms with Gasteiger partial charge in [-0.15, -0.1) is 24.8 Å². The number of hydrogen-bond acceptors (Lipinski definition) is 3. The maximum atomic E-state index is 14.3. The molecule has 1 aromatic carbocycles. The molecule has 5 nitrogen and oxygen atoms in total. The van der Waals surface area contributed by atoms with Crippen molar-refractivity contribution in [1.29, 1.82) is 0 Å². The number of benzene rings is 1. The van der Waals surface area contributed by atoms with Crippen molar-refractivity contribution < 1.29 is 9.18 Å². The van der Waals surface area contributed by atoms with Crippen LogP contribution < -0.4 is 10.6 Å². The van der Waals surface area contributed by atoms with Crippen LogP contribution in [-0.4, -0.2) is 28.5 Å². The molecule has 150 valence electrons. The maximum absolute atomic E-state index is 14.3. The molecule has 0 spiro atoms. The molecular weight excluding hydrogens is 390 g/mol. The minimum absolute atomic E-state index is 0. The molecule has 1 unspecified atom stereocenters. The fourth-order valence-corrected chi connectivity index (χ4v) is 3.38. The molecule has 2 N–H and O–H groups in total. The molecule has 0 aliphatic carbocycles. The Labute approximate surface area is 172 Å². The Morgan fingerprint density at radius 3 is 2.67 bits per heavy atom. The highest BCUT2D eigenvalue weighted by molar-refractivity contribution is 5.85. The van der Waals surface area contributed by atoms with Gasteiger partial charge in [0, 0.05) is 31.4 Å². The highest BCUT2D eigenvalue weighted by atomic mass is 35.5. The number of hydrogen-bond donors (Lipinski definition) is 2. The van der Waals surface area contributed by atoms with E-state index in [4.69, 9.17) is 0 Å². The first-order chi connectivity index (χ1) is 12.1. The quantitative estimate of drug-likeness (QED) is 0.758. The number of carbonyl (C=O) groups excluding carboxylic acids is 1. The highest BCUT2D eigenvalue weighted by Crippen LogP contribution is 2.24. The molecule has 2 heterocycles. The smallest absolute Gasteiger partial charge is 0.220 e. The molecule has 1 aliphatic heterocycles. The van der Waals surface area contributed by atoms with Gasteiger partial charge in [-0.3, -0.25) is 4.79 Å². The average Bonchev–Trinajstić information content (AvgIpc) is 3.05. The standard InChI is InChI=1S/C19H25FN4O.2ClH/c1-24-13-12-22-19(24)18(15-4-2-3-5-16(15)20)23-17(25)7-6-14-8-10-21-11-9-14;;/h2-5,12-14,18,21H,6-11H2,1H3,(H,23,25);2*1H. The number of aryl methyl sites for hydroxylation is 1. The minimum Gasteiger partial charge on any atom is -0.342 e. The van der Waals surface area contributed by atoms with Crippen LogP contribution in [-0.2, 0) is 11.8 Å². The number of amides is 1. The summed E-state index contributed by atoms with van der Waals surface area (Å²) in [5, 5.41) is 6.31. The van der Waals surface area contributed by atoms with Gasteiger partial charge >= 0.3 is 0 Å². The van der Waals surface area contributed by atoms with Crippen molar-refractivity contribution in [1.82, 2.24) is 20.2 Å². The molecule has 1 aromatic heterocycles. The summed E-state index contributed by atoms with van der Waals surface area (Å²) < 4.78 is 16.1. The van der Waals surface area contributed by atoms with Crippen LogP contribution in [0.4, 0.5) is 4.39 Å². The van der Waals surface area contributed by atoms with Crippen molar-refractivity contribution >= 4 is 30.7 Å². The largest absolute Gasteiger partial charge is 0.342 e. The molecule has 0 radical (unpaired) electrons. The van der Waals surface area contributed by atoms with E-state index in [0.717, 1.165) is 32.4 Å². The summed E-state index contributed by atoms with van der Waals surface area (Å²) in [6.45, 7) is 2.05. The fraction of sp³-hybridized carbons (Fsp3) is 0.474. The molecule has 0 saturated carbocycles. The minimum atomic E-state index is -0.582. The normalized spacial score (nSPS) is 15.3. The summed E-state index contributed by atoms with van der Waals surface area (Å²) in [6, 6.07) is 5.94.